The molecule has 0 radical (unpaired) electrons. The Bertz CT molecular complexity index is 833. The molecule has 1 unspecified atom stereocenters. The number of hydrogen-bond donors (Lipinski definition) is 1. The van der Waals surface area contributed by atoms with E-state index < -0.39 is 5.54 Å². The number of guanidine groups is 1. The third-order valence-corrected chi connectivity index (χ3v) is 3.99. The Balaban J connectivity index is 2.07. The average molecular weight is 309 g/mol. The number of benzene rings is 1. The Labute approximate surface area is 132 Å². The third kappa shape index (κ3) is 2.36. The van der Waals surface area contributed by atoms with Crippen LogP contribution in [0.1, 0.15) is 12.5 Å². The topological polar surface area (TPSA) is 101 Å². The molecule has 116 valence electrons. The van der Waals surface area contributed by atoms with Gasteiger partial charge in [-0.1, -0.05) is 18.2 Å². The monoisotopic (exact) mass is 309 g/mol. The Morgan fingerprint density at radius 3 is 2.65 bits per heavy atom. The van der Waals surface area contributed by atoms with E-state index in [1.807, 2.05) is 24.3 Å². The van der Waals surface area contributed by atoms with Crippen LogP contribution in [0.15, 0.2) is 52.9 Å². The maximum Gasteiger partial charge on any atom is 0.261 e. The molecule has 3 rings (SSSR count). The molecule has 7 heteroatoms. The molecule has 0 saturated carbocycles. The van der Waals surface area contributed by atoms with Crippen molar-refractivity contribution in [3.8, 4) is 11.1 Å². The van der Waals surface area contributed by atoms with Gasteiger partial charge >= 0.3 is 0 Å². The lowest BCUT2D eigenvalue weighted by molar-refractivity contribution is -0.130. The van der Waals surface area contributed by atoms with Crippen LogP contribution in [0.3, 0.4) is 0 Å². The van der Waals surface area contributed by atoms with Crippen molar-refractivity contribution in [2.75, 3.05) is 7.05 Å². The molecular weight excluding hydrogens is 294 g/mol. The largest absolute Gasteiger partial charge is 0.369 e. The van der Waals surface area contributed by atoms with Gasteiger partial charge < -0.3 is 5.73 Å². The van der Waals surface area contributed by atoms with Crippen molar-refractivity contribution in [3.63, 3.8) is 0 Å². The highest BCUT2D eigenvalue weighted by molar-refractivity contribution is 6.06. The van der Waals surface area contributed by atoms with Crippen molar-refractivity contribution in [2.24, 2.45) is 15.9 Å². The van der Waals surface area contributed by atoms with E-state index in [1.54, 1.807) is 26.2 Å². The SMILES string of the molecule is CN1C(=O)C(C)(c2cccc(-c3cncc(N=O)c3)c2)N=C1N. The van der Waals surface area contributed by atoms with Crippen LogP contribution in [0.25, 0.3) is 11.1 Å². The average Bonchev–Trinajstić information content (AvgIpc) is 2.79. The van der Waals surface area contributed by atoms with Gasteiger partial charge in [-0.25, -0.2) is 4.99 Å². The van der Waals surface area contributed by atoms with Crippen molar-refractivity contribution in [3.05, 3.63) is 53.2 Å². The van der Waals surface area contributed by atoms with E-state index in [4.69, 9.17) is 5.73 Å². The van der Waals surface area contributed by atoms with Crippen molar-refractivity contribution in [1.82, 2.24) is 9.88 Å². The second-order valence-corrected chi connectivity index (χ2v) is 5.51. The zero-order chi connectivity index (χ0) is 16.6. The minimum absolute atomic E-state index is 0.186. The summed E-state index contributed by atoms with van der Waals surface area (Å²) in [6.45, 7) is 1.73. The van der Waals surface area contributed by atoms with Crippen LogP contribution in [0.2, 0.25) is 0 Å². The fourth-order valence-electron chi connectivity index (χ4n) is 2.61. The van der Waals surface area contributed by atoms with E-state index in [9.17, 15) is 9.70 Å². The number of nitroso groups, excluding NO2 is 1. The van der Waals surface area contributed by atoms with Gasteiger partial charge in [-0.2, -0.15) is 0 Å². The molecule has 0 saturated heterocycles. The number of nitrogens with two attached hydrogens (primary N) is 1. The van der Waals surface area contributed by atoms with Crippen molar-refractivity contribution in [1.29, 1.82) is 0 Å². The molecule has 1 aromatic carbocycles. The van der Waals surface area contributed by atoms with Crippen LogP contribution in [0, 0.1) is 4.91 Å². The number of aliphatic imine (C=N–C) groups is 1. The van der Waals surface area contributed by atoms with Gasteiger partial charge in [-0.05, 0) is 35.4 Å². The highest BCUT2D eigenvalue weighted by atomic mass is 16.3. The first-order valence-corrected chi connectivity index (χ1v) is 6.98. The number of nitrogens with zero attached hydrogens (tertiary/aromatic N) is 4. The molecule has 1 aliphatic rings. The van der Waals surface area contributed by atoms with Gasteiger partial charge in [0.2, 0.25) is 0 Å². The Hall–Kier alpha value is -3.09. The molecule has 1 amide bonds. The summed E-state index contributed by atoms with van der Waals surface area (Å²) in [7, 11) is 1.60. The predicted molar refractivity (Wildman–Crippen MR) is 86.9 cm³/mol. The van der Waals surface area contributed by atoms with E-state index in [0.29, 0.717) is 0 Å². The first-order valence-electron chi connectivity index (χ1n) is 6.98. The summed E-state index contributed by atoms with van der Waals surface area (Å²) in [5.74, 6) is 0.00491. The van der Waals surface area contributed by atoms with Gasteiger partial charge in [0.1, 0.15) is 5.69 Å². The second kappa shape index (κ2) is 5.28. The number of carbonyl (C=O) groups is 1. The first kappa shape index (κ1) is 14.8. The molecule has 1 aromatic heterocycles. The quantitative estimate of drug-likeness (QED) is 0.878. The fourth-order valence-corrected chi connectivity index (χ4v) is 2.61. The standard InChI is InChI=1S/C16H15N5O2/c1-16(14(22)21(2)15(17)19-16)12-5-3-4-10(6-12)11-7-13(20-23)9-18-8-11/h3-9H,1-2H3,(H2,17,19). The van der Waals surface area contributed by atoms with Gasteiger partial charge in [-0.15, -0.1) is 4.91 Å². The van der Waals surface area contributed by atoms with Gasteiger partial charge in [-0.3, -0.25) is 14.7 Å². The van der Waals surface area contributed by atoms with E-state index in [1.165, 1.54) is 11.1 Å². The zero-order valence-electron chi connectivity index (χ0n) is 12.7. The molecule has 0 aliphatic carbocycles. The van der Waals surface area contributed by atoms with E-state index in [-0.39, 0.29) is 17.6 Å². The smallest absolute Gasteiger partial charge is 0.261 e. The molecule has 1 aliphatic heterocycles. The van der Waals surface area contributed by atoms with Crippen LogP contribution in [0.5, 0.6) is 0 Å². The van der Waals surface area contributed by atoms with Crippen LogP contribution < -0.4 is 5.73 Å². The van der Waals surface area contributed by atoms with Gasteiger partial charge in [0.05, 0.1) is 6.20 Å². The Kier molecular flexibility index (Phi) is 3.40. The lowest BCUT2D eigenvalue weighted by atomic mass is 9.90. The minimum atomic E-state index is -1.05. The summed E-state index contributed by atoms with van der Waals surface area (Å²) >= 11 is 0. The molecule has 2 N–H and O–H groups in total. The highest BCUT2D eigenvalue weighted by Crippen LogP contribution is 2.34. The zero-order valence-corrected chi connectivity index (χ0v) is 12.7. The minimum Gasteiger partial charge on any atom is -0.369 e. The van der Waals surface area contributed by atoms with Gasteiger partial charge in [0.25, 0.3) is 5.91 Å². The van der Waals surface area contributed by atoms with Crippen molar-refractivity contribution < 1.29 is 4.79 Å². The van der Waals surface area contributed by atoms with Crippen molar-refractivity contribution >= 4 is 17.6 Å². The lowest BCUT2D eigenvalue weighted by Crippen LogP contribution is -2.38. The molecule has 7 nitrogen and oxygen atoms in total. The summed E-state index contributed by atoms with van der Waals surface area (Å²) in [5.41, 5.74) is 7.24. The Morgan fingerprint density at radius 2 is 2.00 bits per heavy atom. The maximum atomic E-state index is 12.4. The van der Waals surface area contributed by atoms with Gasteiger partial charge in [0, 0.05) is 18.8 Å². The summed E-state index contributed by atoms with van der Waals surface area (Å²) in [5, 5.41) is 2.89. The summed E-state index contributed by atoms with van der Waals surface area (Å²) in [4.78, 5) is 32.8. The van der Waals surface area contributed by atoms with Gasteiger partial charge in [0.15, 0.2) is 11.5 Å². The Morgan fingerprint density at radius 1 is 1.22 bits per heavy atom. The number of rotatable bonds is 3. The maximum absolute atomic E-state index is 12.4. The molecule has 2 aromatic rings. The number of likely N-dealkylation sites (N-methyl/N-ethyl adjacent to an activating group) is 1. The summed E-state index contributed by atoms with van der Waals surface area (Å²) in [6.07, 6.45) is 3.03. The molecule has 0 spiro atoms. The molecule has 1 atom stereocenters. The number of pyridine rings is 1. The van der Waals surface area contributed by atoms with E-state index >= 15 is 0 Å². The van der Waals surface area contributed by atoms with E-state index in [2.05, 4.69) is 15.2 Å². The molecular formula is C16H15N5O2. The van der Waals surface area contributed by atoms with Crippen LogP contribution in [-0.2, 0) is 10.3 Å². The lowest BCUT2D eigenvalue weighted by Gasteiger charge is -2.21. The summed E-state index contributed by atoms with van der Waals surface area (Å²) < 4.78 is 0. The normalized spacial score (nSPS) is 20.5. The van der Waals surface area contributed by atoms with Crippen LogP contribution in [-0.4, -0.2) is 28.8 Å². The molecule has 23 heavy (non-hydrogen) atoms. The first-order chi connectivity index (χ1) is 11.0. The van der Waals surface area contributed by atoms with E-state index in [0.717, 1.165) is 16.7 Å². The predicted octanol–water partition coefficient (Wildman–Crippen LogP) is 2.15. The van der Waals surface area contributed by atoms with Crippen molar-refractivity contribution in [2.45, 2.75) is 12.5 Å². The number of hydrogen-bond acceptors (Lipinski definition) is 6. The van der Waals surface area contributed by atoms with Crippen LogP contribution in [0.4, 0.5) is 5.69 Å². The second-order valence-electron chi connectivity index (χ2n) is 5.51. The van der Waals surface area contributed by atoms with Crippen LogP contribution >= 0.6 is 0 Å². The molecule has 0 bridgehead atoms. The fraction of sp³-hybridized carbons (Fsp3) is 0.188. The molecule has 2 heterocycles. The summed E-state index contributed by atoms with van der Waals surface area (Å²) in [6, 6.07) is 9.01. The number of aromatic nitrogens is 1. The highest BCUT2D eigenvalue weighted by Gasteiger charge is 2.43. The number of amides is 1. The number of carbonyl (C=O) groups excluding carboxylic acids is 1. The molecule has 0 fully saturated rings. The third-order valence-electron chi connectivity index (χ3n) is 3.99.